The zero-order valence-electron chi connectivity index (χ0n) is 11.5. The maximum atomic E-state index is 12.6. The molecule has 0 bridgehead atoms. The molecule has 2 aromatic rings. The summed E-state index contributed by atoms with van der Waals surface area (Å²) in [6.07, 6.45) is 1.62. The van der Waals surface area contributed by atoms with Crippen molar-refractivity contribution < 1.29 is 4.79 Å². The first-order chi connectivity index (χ1) is 10.2. The Bertz CT molecular complexity index is 756. The molecule has 102 valence electrons. The van der Waals surface area contributed by atoms with Gasteiger partial charge in [0.2, 0.25) is 0 Å². The van der Waals surface area contributed by atoms with Crippen LogP contribution in [0, 0.1) is 18.3 Å². The average Bonchev–Trinajstić information content (AvgIpc) is 2.53. The molecule has 0 aromatic heterocycles. The fourth-order valence-corrected chi connectivity index (χ4v) is 2.32. The normalized spacial score (nSPS) is 16.2. The summed E-state index contributed by atoms with van der Waals surface area (Å²) in [5.74, 6) is -0.271. The van der Waals surface area contributed by atoms with Crippen molar-refractivity contribution in [2.45, 2.75) is 13.0 Å². The second kappa shape index (κ2) is 5.22. The molecule has 0 saturated heterocycles. The van der Waals surface area contributed by atoms with Crippen LogP contribution >= 0.6 is 0 Å². The molecule has 4 heteroatoms. The van der Waals surface area contributed by atoms with Crippen LogP contribution in [0.1, 0.15) is 33.1 Å². The standard InChI is InChI=1S/C17H13N3O/c1-12-6-8-13(9-7-12)17(21)20-16(10-18)15-5-3-2-4-14(15)11-19-20/h2-9,11,16H,1H3. The molecule has 1 unspecified atom stereocenters. The molecule has 1 atom stereocenters. The average molecular weight is 275 g/mol. The number of benzene rings is 2. The summed E-state index contributed by atoms with van der Waals surface area (Å²) in [5.41, 5.74) is 3.28. The summed E-state index contributed by atoms with van der Waals surface area (Å²) in [6.45, 7) is 1.96. The lowest BCUT2D eigenvalue weighted by molar-refractivity contribution is 0.0720. The van der Waals surface area contributed by atoms with E-state index in [4.69, 9.17) is 0 Å². The highest BCUT2D eigenvalue weighted by atomic mass is 16.2. The zero-order valence-corrected chi connectivity index (χ0v) is 11.5. The monoisotopic (exact) mass is 275 g/mol. The Hall–Kier alpha value is -2.93. The molecule has 21 heavy (non-hydrogen) atoms. The van der Waals surface area contributed by atoms with E-state index in [1.54, 1.807) is 18.3 Å². The number of aryl methyl sites for hydroxylation is 1. The van der Waals surface area contributed by atoms with Crippen LogP contribution in [-0.4, -0.2) is 17.1 Å². The molecule has 4 nitrogen and oxygen atoms in total. The molecule has 0 radical (unpaired) electrons. The summed E-state index contributed by atoms with van der Waals surface area (Å²) in [4.78, 5) is 12.6. The van der Waals surface area contributed by atoms with E-state index in [2.05, 4.69) is 11.2 Å². The Labute approximate surface area is 122 Å². The third-order valence-electron chi connectivity index (χ3n) is 3.49. The topological polar surface area (TPSA) is 56.5 Å². The maximum absolute atomic E-state index is 12.6. The van der Waals surface area contributed by atoms with E-state index < -0.39 is 6.04 Å². The van der Waals surface area contributed by atoms with Crippen LogP contribution in [-0.2, 0) is 0 Å². The van der Waals surface area contributed by atoms with Crippen LogP contribution in [0.2, 0.25) is 0 Å². The van der Waals surface area contributed by atoms with Gasteiger partial charge in [-0.05, 0) is 24.6 Å². The number of amides is 1. The zero-order chi connectivity index (χ0) is 14.8. The lowest BCUT2D eigenvalue weighted by atomic mass is 9.99. The third-order valence-corrected chi connectivity index (χ3v) is 3.49. The number of fused-ring (bicyclic) bond motifs is 1. The van der Waals surface area contributed by atoms with E-state index in [1.807, 2.05) is 43.3 Å². The van der Waals surface area contributed by atoms with Crippen molar-refractivity contribution >= 4 is 12.1 Å². The fraction of sp³-hybridized carbons (Fsp3) is 0.118. The quantitative estimate of drug-likeness (QED) is 0.803. The van der Waals surface area contributed by atoms with Crippen LogP contribution in [0.3, 0.4) is 0 Å². The minimum absolute atomic E-state index is 0.271. The molecular formula is C17H13N3O. The van der Waals surface area contributed by atoms with Crippen molar-refractivity contribution in [3.8, 4) is 6.07 Å². The second-order valence-electron chi connectivity index (χ2n) is 4.92. The van der Waals surface area contributed by atoms with Crippen molar-refractivity contribution in [1.82, 2.24) is 5.01 Å². The highest BCUT2D eigenvalue weighted by molar-refractivity contribution is 5.96. The molecule has 1 aliphatic heterocycles. The van der Waals surface area contributed by atoms with Crippen molar-refractivity contribution in [2.75, 3.05) is 0 Å². The molecule has 0 fully saturated rings. The Balaban J connectivity index is 1.98. The highest BCUT2D eigenvalue weighted by Gasteiger charge is 2.29. The number of carbonyl (C=O) groups is 1. The number of carbonyl (C=O) groups excluding carboxylic acids is 1. The van der Waals surface area contributed by atoms with Crippen LogP contribution in [0.4, 0.5) is 0 Å². The van der Waals surface area contributed by atoms with Crippen LogP contribution in [0.15, 0.2) is 53.6 Å². The molecule has 3 rings (SSSR count). The van der Waals surface area contributed by atoms with Gasteiger partial charge >= 0.3 is 0 Å². The molecular weight excluding hydrogens is 262 g/mol. The smallest absolute Gasteiger partial charge is 0.267 e. The van der Waals surface area contributed by atoms with Gasteiger partial charge in [-0.3, -0.25) is 4.79 Å². The Morgan fingerprint density at radius 2 is 1.90 bits per heavy atom. The van der Waals surface area contributed by atoms with Crippen molar-refractivity contribution in [3.63, 3.8) is 0 Å². The number of hydrogen-bond acceptors (Lipinski definition) is 3. The van der Waals surface area contributed by atoms with Gasteiger partial charge < -0.3 is 0 Å². The van der Waals surface area contributed by atoms with Gasteiger partial charge in [0.05, 0.1) is 12.3 Å². The first-order valence-electron chi connectivity index (χ1n) is 6.63. The number of nitrogens with zero attached hydrogens (tertiary/aromatic N) is 3. The molecule has 1 aliphatic rings. The third kappa shape index (κ3) is 2.30. The number of hydrazone groups is 1. The van der Waals surface area contributed by atoms with Crippen LogP contribution in [0.25, 0.3) is 0 Å². The first-order valence-corrected chi connectivity index (χ1v) is 6.63. The van der Waals surface area contributed by atoms with E-state index >= 15 is 0 Å². The predicted octanol–water partition coefficient (Wildman–Crippen LogP) is 3.05. The summed E-state index contributed by atoms with van der Waals surface area (Å²) >= 11 is 0. The van der Waals surface area contributed by atoms with Gasteiger partial charge in [-0.25, -0.2) is 5.01 Å². The van der Waals surface area contributed by atoms with E-state index in [9.17, 15) is 10.1 Å². The maximum Gasteiger partial charge on any atom is 0.275 e. The van der Waals surface area contributed by atoms with Gasteiger partial charge in [0.25, 0.3) is 5.91 Å². The lowest BCUT2D eigenvalue weighted by Gasteiger charge is -2.27. The van der Waals surface area contributed by atoms with Gasteiger partial charge in [0.1, 0.15) is 0 Å². The molecule has 0 N–H and O–H groups in total. The van der Waals surface area contributed by atoms with Crippen molar-refractivity contribution in [1.29, 1.82) is 5.26 Å². The minimum atomic E-state index is -0.694. The molecule has 0 saturated carbocycles. The lowest BCUT2D eigenvalue weighted by Crippen LogP contribution is -2.32. The Morgan fingerprint density at radius 1 is 1.19 bits per heavy atom. The van der Waals surface area contributed by atoms with Crippen molar-refractivity contribution in [3.05, 3.63) is 70.8 Å². The molecule has 1 amide bonds. The Morgan fingerprint density at radius 3 is 2.62 bits per heavy atom. The van der Waals surface area contributed by atoms with E-state index in [1.165, 1.54) is 5.01 Å². The minimum Gasteiger partial charge on any atom is -0.267 e. The molecule has 0 aliphatic carbocycles. The van der Waals surface area contributed by atoms with Crippen LogP contribution in [0.5, 0.6) is 0 Å². The van der Waals surface area contributed by atoms with Gasteiger partial charge in [-0.15, -0.1) is 0 Å². The number of nitriles is 1. The summed E-state index contributed by atoms with van der Waals surface area (Å²) in [6, 6.07) is 16.2. The molecule has 1 heterocycles. The number of rotatable bonds is 1. The predicted molar refractivity (Wildman–Crippen MR) is 79.7 cm³/mol. The van der Waals surface area contributed by atoms with E-state index in [-0.39, 0.29) is 5.91 Å². The number of hydrogen-bond donors (Lipinski definition) is 0. The largest absolute Gasteiger partial charge is 0.275 e. The van der Waals surface area contributed by atoms with Gasteiger partial charge in [0, 0.05) is 11.1 Å². The molecule has 0 spiro atoms. The van der Waals surface area contributed by atoms with E-state index in [0.29, 0.717) is 5.56 Å². The summed E-state index contributed by atoms with van der Waals surface area (Å²) in [5, 5.41) is 14.8. The van der Waals surface area contributed by atoms with Gasteiger partial charge in [-0.2, -0.15) is 10.4 Å². The fourth-order valence-electron chi connectivity index (χ4n) is 2.32. The first kappa shape index (κ1) is 13.1. The molecule has 2 aromatic carbocycles. The van der Waals surface area contributed by atoms with E-state index in [0.717, 1.165) is 16.7 Å². The van der Waals surface area contributed by atoms with Gasteiger partial charge in [-0.1, -0.05) is 42.0 Å². The van der Waals surface area contributed by atoms with Crippen LogP contribution < -0.4 is 0 Å². The Kier molecular flexibility index (Phi) is 3.25. The SMILES string of the molecule is Cc1ccc(C(=O)N2N=Cc3ccccc3C2C#N)cc1. The van der Waals surface area contributed by atoms with Gasteiger partial charge in [0.15, 0.2) is 6.04 Å². The summed E-state index contributed by atoms with van der Waals surface area (Å²) < 4.78 is 0. The van der Waals surface area contributed by atoms with Crippen molar-refractivity contribution in [2.24, 2.45) is 5.10 Å². The highest BCUT2D eigenvalue weighted by Crippen LogP contribution is 2.28. The second-order valence-corrected chi connectivity index (χ2v) is 4.92. The summed E-state index contributed by atoms with van der Waals surface area (Å²) in [7, 11) is 0.